The number of carbonyl (C=O) groups is 1. The molecule has 4 unspecified atom stereocenters. The molecule has 0 aromatic heterocycles. The number of thioether (sulfide) groups is 1. The SMILES string of the molecule is CC1CC(SC2N=CC=CC2C)C(=O)O1. The quantitative estimate of drug-likeness (QED) is 0.675. The maximum atomic E-state index is 11.5. The highest BCUT2D eigenvalue weighted by molar-refractivity contribution is 8.01. The first kappa shape index (κ1) is 10.7. The summed E-state index contributed by atoms with van der Waals surface area (Å²) in [7, 11) is 0. The molecule has 2 aliphatic rings. The van der Waals surface area contributed by atoms with Gasteiger partial charge in [-0.2, -0.15) is 0 Å². The van der Waals surface area contributed by atoms with Crippen LogP contribution in [0, 0.1) is 5.92 Å². The Morgan fingerprint density at radius 3 is 2.93 bits per heavy atom. The van der Waals surface area contributed by atoms with E-state index >= 15 is 0 Å². The van der Waals surface area contributed by atoms with Crippen molar-refractivity contribution in [2.75, 3.05) is 0 Å². The van der Waals surface area contributed by atoms with Crippen LogP contribution in [-0.4, -0.2) is 28.9 Å². The molecule has 4 atom stereocenters. The molecule has 2 aliphatic heterocycles. The molecular formula is C11H15NO2S. The summed E-state index contributed by atoms with van der Waals surface area (Å²) in [5, 5.41) is 0.133. The van der Waals surface area contributed by atoms with Gasteiger partial charge in [0.1, 0.15) is 16.7 Å². The lowest BCUT2D eigenvalue weighted by molar-refractivity contribution is -0.140. The fraction of sp³-hybridized carbons (Fsp3) is 0.636. The fourth-order valence-corrected chi connectivity index (χ4v) is 3.11. The largest absolute Gasteiger partial charge is 0.462 e. The van der Waals surface area contributed by atoms with Gasteiger partial charge in [-0.25, -0.2) is 0 Å². The number of hydrogen-bond donors (Lipinski definition) is 0. The van der Waals surface area contributed by atoms with Crippen LogP contribution in [0.4, 0.5) is 0 Å². The number of allylic oxidation sites excluding steroid dienone is 1. The van der Waals surface area contributed by atoms with Gasteiger partial charge in [-0.15, -0.1) is 11.8 Å². The Labute approximate surface area is 94.0 Å². The molecule has 0 aliphatic carbocycles. The van der Waals surface area contributed by atoms with Crippen LogP contribution in [0.1, 0.15) is 20.3 Å². The number of rotatable bonds is 2. The average Bonchev–Trinajstić information content (AvgIpc) is 2.49. The van der Waals surface area contributed by atoms with Crippen LogP contribution in [0.3, 0.4) is 0 Å². The zero-order chi connectivity index (χ0) is 10.8. The number of nitrogens with zero attached hydrogens (tertiary/aromatic N) is 1. The molecule has 15 heavy (non-hydrogen) atoms. The summed E-state index contributed by atoms with van der Waals surface area (Å²) < 4.78 is 5.12. The highest BCUT2D eigenvalue weighted by Gasteiger charge is 2.35. The molecular weight excluding hydrogens is 210 g/mol. The van der Waals surface area contributed by atoms with Crippen LogP contribution in [0.15, 0.2) is 17.1 Å². The Morgan fingerprint density at radius 2 is 2.33 bits per heavy atom. The standard InChI is InChI=1S/C11H15NO2S/c1-7-4-3-5-12-10(7)15-9-6-8(2)14-11(9)13/h3-5,7-10H,6H2,1-2H3. The zero-order valence-electron chi connectivity index (χ0n) is 8.92. The molecule has 0 saturated carbocycles. The van der Waals surface area contributed by atoms with Gasteiger partial charge in [0.05, 0.1) is 0 Å². The van der Waals surface area contributed by atoms with Gasteiger partial charge in [0, 0.05) is 18.6 Å². The van der Waals surface area contributed by atoms with E-state index in [-0.39, 0.29) is 22.7 Å². The molecule has 3 nitrogen and oxygen atoms in total. The summed E-state index contributed by atoms with van der Waals surface area (Å²) in [4.78, 5) is 15.8. The number of esters is 1. The number of ether oxygens (including phenoxy) is 1. The molecule has 0 aromatic rings. The van der Waals surface area contributed by atoms with Gasteiger partial charge in [0.25, 0.3) is 0 Å². The number of aliphatic imine (C=N–C) groups is 1. The minimum Gasteiger partial charge on any atom is -0.462 e. The molecule has 1 fully saturated rings. The van der Waals surface area contributed by atoms with Gasteiger partial charge in [-0.1, -0.05) is 13.0 Å². The second-order valence-corrected chi connectivity index (χ2v) is 5.36. The molecule has 0 spiro atoms. The maximum Gasteiger partial charge on any atom is 0.319 e. The first-order valence-corrected chi connectivity index (χ1v) is 6.17. The van der Waals surface area contributed by atoms with Crippen LogP contribution in [-0.2, 0) is 9.53 Å². The van der Waals surface area contributed by atoms with Crippen LogP contribution in [0.2, 0.25) is 0 Å². The lowest BCUT2D eigenvalue weighted by Crippen LogP contribution is -2.20. The summed E-state index contributed by atoms with van der Waals surface area (Å²) in [6.45, 7) is 4.06. The molecule has 1 saturated heterocycles. The van der Waals surface area contributed by atoms with E-state index < -0.39 is 0 Å². The summed E-state index contributed by atoms with van der Waals surface area (Å²) >= 11 is 1.62. The van der Waals surface area contributed by atoms with Crippen molar-refractivity contribution in [3.63, 3.8) is 0 Å². The number of cyclic esters (lactones) is 1. The summed E-state index contributed by atoms with van der Waals surface area (Å²) in [6.07, 6.45) is 6.76. The highest BCUT2D eigenvalue weighted by Crippen LogP contribution is 2.34. The smallest absolute Gasteiger partial charge is 0.319 e. The number of carbonyl (C=O) groups excluding carboxylic acids is 1. The van der Waals surface area contributed by atoms with Crippen LogP contribution in [0.25, 0.3) is 0 Å². The van der Waals surface area contributed by atoms with Crippen molar-refractivity contribution in [3.05, 3.63) is 12.2 Å². The fourth-order valence-electron chi connectivity index (χ4n) is 1.75. The van der Waals surface area contributed by atoms with Crippen molar-refractivity contribution in [1.29, 1.82) is 0 Å². The van der Waals surface area contributed by atoms with Gasteiger partial charge in [0.2, 0.25) is 0 Å². The summed E-state index contributed by atoms with van der Waals surface area (Å²) in [5.41, 5.74) is 0. The predicted octanol–water partition coefficient (Wildman–Crippen LogP) is 2.03. The van der Waals surface area contributed by atoms with E-state index in [1.165, 1.54) is 0 Å². The van der Waals surface area contributed by atoms with Crippen molar-refractivity contribution in [1.82, 2.24) is 0 Å². The van der Waals surface area contributed by atoms with Crippen molar-refractivity contribution in [3.8, 4) is 0 Å². The third kappa shape index (κ3) is 2.43. The minimum atomic E-state index is -0.0792. The van der Waals surface area contributed by atoms with Gasteiger partial charge in [-0.05, 0) is 13.0 Å². The molecule has 2 rings (SSSR count). The molecule has 0 radical (unpaired) electrons. The lowest BCUT2D eigenvalue weighted by Gasteiger charge is -2.20. The Bertz CT molecular complexity index is 314. The topological polar surface area (TPSA) is 38.7 Å². The van der Waals surface area contributed by atoms with E-state index in [9.17, 15) is 4.79 Å². The number of hydrogen-bond acceptors (Lipinski definition) is 4. The Balaban J connectivity index is 1.94. The van der Waals surface area contributed by atoms with Crippen LogP contribution in [0.5, 0.6) is 0 Å². The monoisotopic (exact) mass is 225 g/mol. The van der Waals surface area contributed by atoms with Crippen molar-refractivity contribution in [2.24, 2.45) is 10.9 Å². The molecule has 2 heterocycles. The minimum absolute atomic E-state index is 0.0314. The van der Waals surface area contributed by atoms with Crippen molar-refractivity contribution in [2.45, 2.75) is 37.0 Å². The second kappa shape index (κ2) is 4.39. The van der Waals surface area contributed by atoms with E-state index in [0.717, 1.165) is 6.42 Å². The van der Waals surface area contributed by atoms with E-state index in [1.807, 2.05) is 13.0 Å². The molecule has 0 amide bonds. The maximum absolute atomic E-state index is 11.5. The Kier molecular flexibility index (Phi) is 3.14. The van der Waals surface area contributed by atoms with Crippen LogP contribution >= 0.6 is 11.8 Å². The molecule has 82 valence electrons. The third-order valence-corrected chi connectivity index (χ3v) is 4.16. The average molecular weight is 225 g/mol. The lowest BCUT2D eigenvalue weighted by atomic mass is 10.1. The van der Waals surface area contributed by atoms with Crippen molar-refractivity contribution >= 4 is 23.9 Å². The second-order valence-electron chi connectivity index (χ2n) is 4.04. The Morgan fingerprint density at radius 1 is 1.53 bits per heavy atom. The molecule has 0 bridgehead atoms. The van der Waals surface area contributed by atoms with Gasteiger partial charge in [0.15, 0.2) is 0 Å². The van der Waals surface area contributed by atoms with Gasteiger partial charge in [-0.3, -0.25) is 9.79 Å². The van der Waals surface area contributed by atoms with E-state index in [2.05, 4.69) is 18.0 Å². The van der Waals surface area contributed by atoms with Crippen molar-refractivity contribution < 1.29 is 9.53 Å². The zero-order valence-corrected chi connectivity index (χ0v) is 9.74. The third-order valence-electron chi connectivity index (χ3n) is 2.61. The molecule has 0 N–H and O–H groups in total. The molecule has 4 heteroatoms. The normalized spacial score (nSPS) is 39.5. The van der Waals surface area contributed by atoms with Gasteiger partial charge < -0.3 is 4.74 Å². The summed E-state index contributed by atoms with van der Waals surface area (Å²) in [6, 6.07) is 0. The number of dihydropyridines is 1. The van der Waals surface area contributed by atoms with Crippen LogP contribution < -0.4 is 0 Å². The highest BCUT2D eigenvalue weighted by atomic mass is 32.2. The van der Waals surface area contributed by atoms with E-state index in [4.69, 9.17) is 4.74 Å². The van der Waals surface area contributed by atoms with Gasteiger partial charge >= 0.3 is 5.97 Å². The first-order chi connectivity index (χ1) is 7.16. The Hall–Kier alpha value is -0.770. The first-order valence-electron chi connectivity index (χ1n) is 5.22. The molecule has 0 aromatic carbocycles. The van der Waals surface area contributed by atoms with E-state index in [1.54, 1.807) is 18.0 Å². The predicted molar refractivity (Wildman–Crippen MR) is 62.1 cm³/mol. The summed E-state index contributed by atoms with van der Waals surface area (Å²) in [5.74, 6) is 0.313. The van der Waals surface area contributed by atoms with E-state index in [0.29, 0.717) is 5.92 Å².